The summed E-state index contributed by atoms with van der Waals surface area (Å²) in [5.74, 6) is 0.266. The number of hydrogen-bond donors (Lipinski definition) is 0. The predicted molar refractivity (Wildman–Crippen MR) is 140 cm³/mol. The fourth-order valence-corrected chi connectivity index (χ4v) is 4.10. The second kappa shape index (κ2) is 13.3. The van der Waals surface area contributed by atoms with Crippen molar-refractivity contribution >= 4 is 17.9 Å². The number of carbonyl (C=O) groups is 2. The normalized spacial score (nSPS) is 14.8. The molecule has 188 valence electrons. The molecular weight excluding hydrogens is 452 g/mol. The Labute approximate surface area is 213 Å². The lowest BCUT2D eigenvalue weighted by molar-refractivity contribution is -0.141. The van der Waals surface area contributed by atoms with E-state index in [9.17, 15) is 14.9 Å². The minimum absolute atomic E-state index is 0.0233. The van der Waals surface area contributed by atoms with Gasteiger partial charge in [0.25, 0.3) is 11.8 Å². The van der Waals surface area contributed by atoms with Gasteiger partial charge in [0.1, 0.15) is 11.6 Å². The van der Waals surface area contributed by atoms with Gasteiger partial charge >= 0.3 is 0 Å². The van der Waals surface area contributed by atoms with Gasteiger partial charge in [0.2, 0.25) is 0 Å². The minimum Gasteiger partial charge on any atom is -0.490 e. The Balaban J connectivity index is 1.86. The Kier molecular flexibility index (Phi) is 9.88. The van der Waals surface area contributed by atoms with Crippen LogP contribution in [0.3, 0.4) is 0 Å². The van der Waals surface area contributed by atoms with Crippen molar-refractivity contribution in [2.45, 2.75) is 59.4 Å². The molecule has 2 aromatic rings. The van der Waals surface area contributed by atoms with E-state index >= 15 is 0 Å². The van der Waals surface area contributed by atoms with E-state index in [4.69, 9.17) is 9.47 Å². The van der Waals surface area contributed by atoms with Gasteiger partial charge in [-0.2, -0.15) is 5.26 Å². The smallest absolute Gasteiger partial charge is 0.271 e. The number of nitriles is 1. The van der Waals surface area contributed by atoms with Crippen molar-refractivity contribution in [3.63, 3.8) is 0 Å². The minimum atomic E-state index is -0.571. The zero-order valence-electron chi connectivity index (χ0n) is 21.4. The Morgan fingerprint density at radius 3 is 2.36 bits per heavy atom. The molecule has 0 saturated heterocycles. The Morgan fingerprint density at radius 1 is 0.917 bits per heavy atom. The zero-order valence-corrected chi connectivity index (χ0v) is 21.4. The van der Waals surface area contributed by atoms with Crippen LogP contribution in [0.25, 0.3) is 6.08 Å². The van der Waals surface area contributed by atoms with Crippen LogP contribution in [0.1, 0.15) is 64.0 Å². The van der Waals surface area contributed by atoms with Crippen molar-refractivity contribution < 1.29 is 19.1 Å². The first kappa shape index (κ1) is 26.7. The lowest BCUT2D eigenvalue weighted by Crippen LogP contribution is -2.42. The Hall–Kier alpha value is -3.85. The van der Waals surface area contributed by atoms with Crippen molar-refractivity contribution in [2.24, 2.45) is 0 Å². The molecule has 0 spiro atoms. The highest BCUT2D eigenvalue weighted by atomic mass is 16.5. The number of imide groups is 1. The van der Waals surface area contributed by atoms with Gasteiger partial charge in [0.05, 0.1) is 19.8 Å². The summed E-state index contributed by atoms with van der Waals surface area (Å²) in [4.78, 5) is 27.4. The lowest BCUT2D eigenvalue weighted by atomic mass is 9.93. The summed E-state index contributed by atoms with van der Waals surface area (Å²) in [7, 11) is 0. The van der Waals surface area contributed by atoms with Crippen LogP contribution in [0.15, 0.2) is 65.3 Å². The monoisotopic (exact) mass is 486 g/mol. The summed E-state index contributed by atoms with van der Waals surface area (Å²) in [5, 5.41) is 9.66. The van der Waals surface area contributed by atoms with E-state index in [2.05, 4.69) is 6.92 Å². The molecule has 6 nitrogen and oxygen atoms in total. The molecule has 0 unspecified atom stereocenters. The van der Waals surface area contributed by atoms with Crippen LogP contribution in [0.2, 0.25) is 0 Å². The highest BCUT2D eigenvalue weighted by Gasteiger charge is 2.35. The molecule has 36 heavy (non-hydrogen) atoms. The first-order chi connectivity index (χ1) is 17.5. The third kappa shape index (κ3) is 6.63. The van der Waals surface area contributed by atoms with Gasteiger partial charge in [-0.1, -0.05) is 69.0 Å². The number of ether oxygens (including phenoxy) is 2. The molecule has 0 atom stereocenters. The summed E-state index contributed by atoms with van der Waals surface area (Å²) in [6.45, 7) is 6.93. The third-order valence-electron chi connectivity index (χ3n) is 6.09. The van der Waals surface area contributed by atoms with Gasteiger partial charge in [0.15, 0.2) is 11.5 Å². The molecule has 0 bridgehead atoms. The molecule has 0 aliphatic carbocycles. The van der Waals surface area contributed by atoms with Gasteiger partial charge < -0.3 is 9.47 Å². The van der Waals surface area contributed by atoms with Crippen molar-refractivity contribution in [3.8, 4) is 17.6 Å². The van der Waals surface area contributed by atoms with Gasteiger partial charge in [-0.05, 0) is 55.2 Å². The molecule has 0 aromatic heterocycles. The molecule has 1 aliphatic heterocycles. The summed E-state index contributed by atoms with van der Waals surface area (Å²) in [6, 6.07) is 16.8. The van der Waals surface area contributed by atoms with E-state index in [1.165, 1.54) is 19.3 Å². The molecule has 6 heteroatoms. The second-order valence-corrected chi connectivity index (χ2v) is 8.75. The number of nitrogens with zero attached hydrogens (tertiary/aromatic N) is 2. The number of amides is 2. The zero-order chi connectivity index (χ0) is 25.9. The van der Waals surface area contributed by atoms with E-state index in [-0.39, 0.29) is 12.1 Å². The van der Waals surface area contributed by atoms with Gasteiger partial charge in [-0.15, -0.1) is 0 Å². The molecule has 0 saturated carbocycles. The number of benzene rings is 2. The molecule has 0 fully saturated rings. The van der Waals surface area contributed by atoms with Crippen LogP contribution in [-0.2, 0) is 16.1 Å². The van der Waals surface area contributed by atoms with E-state index in [1.54, 1.807) is 13.0 Å². The Morgan fingerprint density at radius 2 is 1.67 bits per heavy atom. The van der Waals surface area contributed by atoms with Crippen LogP contribution in [0, 0.1) is 11.3 Å². The standard InChI is InChI=1S/C30H34N2O4/c1-4-6-7-8-12-17-36-27-16-15-24(19-28(27)35-5-2)18-25-22(3)26(20-31)30(34)32(29(25)33)21-23-13-10-9-11-14-23/h9-11,13-16,18-19H,4-8,12,17,21H2,1-3H3/b25-18+. The third-order valence-corrected chi connectivity index (χ3v) is 6.09. The summed E-state index contributed by atoms with van der Waals surface area (Å²) >= 11 is 0. The quantitative estimate of drug-likeness (QED) is 0.202. The van der Waals surface area contributed by atoms with Gasteiger partial charge in [-0.25, -0.2) is 0 Å². The molecule has 3 rings (SSSR count). The van der Waals surface area contributed by atoms with E-state index in [0.717, 1.165) is 28.9 Å². The maximum Gasteiger partial charge on any atom is 0.271 e. The fourth-order valence-electron chi connectivity index (χ4n) is 4.10. The van der Waals surface area contributed by atoms with E-state index in [1.807, 2.05) is 61.5 Å². The van der Waals surface area contributed by atoms with Gasteiger partial charge in [0, 0.05) is 5.57 Å². The summed E-state index contributed by atoms with van der Waals surface area (Å²) in [6.07, 6.45) is 7.48. The fraction of sp³-hybridized carbons (Fsp3) is 0.367. The van der Waals surface area contributed by atoms with Crippen molar-refractivity contribution in [3.05, 3.63) is 76.4 Å². The van der Waals surface area contributed by atoms with Crippen molar-refractivity contribution in [1.29, 1.82) is 5.26 Å². The maximum absolute atomic E-state index is 13.4. The molecule has 2 amide bonds. The van der Waals surface area contributed by atoms with Gasteiger partial charge in [-0.3, -0.25) is 14.5 Å². The number of rotatable bonds is 12. The first-order valence-electron chi connectivity index (χ1n) is 12.6. The van der Waals surface area contributed by atoms with Crippen molar-refractivity contribution in [1.82, 2.24) is 4.90 Å². The molecular formula is C30H34N2O4. The summed E-state index contributed by atoms with van der Waals surface area (Å²) < 4.78 is 11.8. The van der Waals surface area contributed by atoms with Crippen LogP contribution in [0.4, 0.5) is 0 Å². The molecule has 1 aliphatic rings. The van der Waals surface area contributed by atoms with Crippen LogP contribution in [-0.4, -0.2) is 29.9 Å². The van der Waals surface area contributed by atoms with E-state index in [0.29, 0.717) is 35.9 Å². The highest BCUT2D eigenvalue weighted by Crippen LogP contribution is 2.32. The first-order valence-corrected chi connectivity index (χ1v) is 12.6. The average molecular weight is 487 g/mol. The van der Waals surface area contributed by atoms with Crippen LogP contribution in [0.5, 0.6) is 11.5 Å². The molecule has 2 aromatic carbocycles. The predicted octanol–water partition coefficient (Wildman–Crippen LogP) is 6.23. The second-order valence-electron chi connectivity index (χ2n) is 8.75. The largest absolute Gasteiger partial charge is 0.490 e. The Bertz CT molecular complexity index is 1180. The van der Waals surface area contributed by atoms with Crippen LogP contribution >= 0.6 is 0 Å². The molecule has 0 N–H and O–H groups in total. The van der Waals surface area contributed by atoms with E-state index < -0.39 is 11.8 Å². The summed E-state index contributed by atoms with van der Waals surface area (Å²) in [5.41, 5.74) is 2.20. The molecule has 1 heterocycles. The lowest BCUT2D eigenvalue weighted by Gasteiger charge is -2.27. The highest BCUT2D eigenvalue weighted by molar-refractivity contribution is 6.19. The van der Waals surface area contributed by atoms with Crippen molar-refractivity contribution in [2.75, 3.05) is 13.2 Å². The van der Waals surface area contributed by atoms with Crippen LogP contribution < -0.4 is 9.47 Å². The molecule has 0 radical (unpaired) electrons. The average Bonchev–Trinajstić information content (AvgIpc) is 2.88. The topological polar surface area (TPSA) is 79.6 Å². The number of unbranched alkanes of at least 4 members (excludes halogenated alkanes) is 4. The number of carbonyl (C=O) groups excluding carboxylic acids is 2. The maximum atomic E-state index is 13.4. The SMILES string of the molecule is CCCCCCCOc1ccc(/C=C2/C(=O)N(Cc3ccccc3)C(=O)C(C#N)=C2C)cc1OCC. The number of hydrogen-bond acceptors (Lipinski definition) is 5.